The van der Waals surface area contributed by atoms with Crippen LogP contribution in [0.15, 0.2) is 10.3 Å². The van der Waals surface area contributed by atoms with Gasteiger partial charge in [0.2, 0.25) is 0 Å². The topological polar surface area (TPSA) is 36.8 Å². The molecule has 3 nitrogen and oxygen atoms in total. The molecule has 0 aliphatic carbocycles. The van der Waals surface area contributed by atoms with Crippen LogP contribution in [-0.4, -0.2) is 13.1 Å². The number of nitrogens with zero attached hydrogens (tertiary/aromatic N) is 2. The predicted molar refractivity (Wildman–Crippen MR) is 26.9 cm³/mol. The van der Waals surface area contributed by atoms with Gasteiger partial charge in [0.25, 0.3) is 0 Å². The van der Waals surface area contributed by atoms with Crippen molar-refractivity contribution in [3.05, 3.63) is 0 Å². The van der Waals surface area contributed by atoms with Crippen molar-refractivity contribution in [2.24, 2.45) is 16.3 Å². The molecular formula is C4H9N3. The zero-order chi connectivity index (χ0) is 5.11. The normalized spacial score (nSPS) is 29.6. The van der Waals surface area contributed by atoms with Gasteiger partial charge in [0.1, 0.15) is 0 Å². The molecule has 1 heterocycles. The van der Waals surface area contributed by atoms with E-state index in [-0.39, 0.29) is 0 Å². The van der Waals surface area contributed by atoms with Crippen molar-refractivity contribution in [3.63, 3.8) is 0 Å². The van der Waals surface area contributed by atoms with Gasteiger partial charge in [-0.05, 0) is 5.92 Å². The minimum atomic E-state index is 0.664. The van der Waals surface area contributed by atoms with Gasteiger partial charge in [-0.1, -0.05) is 12.1 Å². The highest BCUT2D eigenvalue weighted by atomic mass is 15.4. The number of hydrogen-bond acceptors (Lipinski definition) is 3. The molecular weight excluding hydrogens is 90.1 g/mol. The van der Waals surface area contributed by atoms with Crippen molar-refractivity contribution >= 4 is 0 Å². The first-order chi connectivity index (χ1) is 3.39. The highest BCUT2D eigenvalue weighted by Gasteiger charge is 2.01. The average Bonchev–Trinajstić information content (AvgIpc) is 1.69. The predicted octanol–water partition coefficient (Wildman–Crippen LogP) is 0.593. The maximum absolute atomic E-state index is 3.77. The summed E-state index contributed by atoms with van der Waals surface area (Å²) in [7, 11) is 0. The van der Waals surface area contributed by atoms with E-state index in [4.69, 9.17) is 0 Å². The van der Waals surface area contributed by atoms with Crippen LogP contribution in [-0.2, 0) is 0 Å². The molecule has 0 saturated heterocycles. The summed E-state index contributed by atoms with van der Waals surface area (Å²) in [6.07, 6.45) is 0. The van der Waals surface area contributed by atoms with E-state index in [1.165, 1.54) is 0 Å². The van der Waals surface area contributed by atoms with Crippen LogP contribution in [0.4, 0.5) is 0 Å². The van der Waals surface area contributed by atoms with E-state index in [9.17, 15) is 0 Å². The van der Waals surface area contributed by atoms with Crippen LogP contribution < -0.4 is 5.43 Å². The molecule has 7 heavy (non-hydrogen) atoms. The van der Waals surface area contributed by atoms with Crippen molar-refractivity contribution in [2.75, 3.05) is 13.1 Å². The van der Waals surface area contributed by atoms with Crippen molar-refractivity contribution in [1.82, 2.24) is 5.43 Å². The lowest BCUT2D eigenvalue weighted by molar-refractivity contribution is 0.460. The fraction of sp³-hybridized carbons (Fsp3) is 1.00. The number of rotatable bonds is 0. The Morgan fingerprint density at radius 3 is 2.86 bits per heavy atom. The minimum absolute atomic E-state index is 0.664. The monoisotopic (exact) mass is 99.1 g/mol. The van der Waals surface area contributed by atoms with Gasteiger partial charge >= 0.3 is 0 Å². The molecule has 1 rings (SSSR count). The Labute approximate surface area is 42.8 Å². The van der Waals surface area contributed by atoms with Gasteiger partial charge in [-0.3, -0.25) is 5.43 Å². The van der Waals surface area contributed by atoms with Crippen molar-refractivity contribution < 1.29 is 0 Å². The molecule has 0 aromatic carbocycles. The summed E-state index contributed by atoms with van der Waals surface area (Å²) in [5.74, 6) is 0.664. The third-order valence-corrected chi connectivity index (χ3v) is 0.974. The Hall–Kier alpha value is -0.600. The Balaban J connectivity index is 2.32. The third kappa shape index (κ3) is 1.14. The molecule has 0 bridgehead atoms. The molecule has 3 heteroatoms. The Kier molecular flexibility index (Phi) is 1.24. The van der Waals surface area contributed by atoms with E-state index in [0.717, 1.165) is 13.1 Å². The van der Waals surface area contributed by atoms with Gasteiger partial charge in [-0.25, -0.2) is 0 Å². The van der Waals surface area contributed by atoms with E-state index in [1.54, 1.807) is 0 Å². The van der Waals surface area contributed by atoms with E-state index in [1.807, 2.05) is 0 Å². The van der Waals surface area contributed by atoms with E-state index in [0.29, 0.717) is 5.92 Å². The van der Waals surface area contributed by atoms with E-state index >= 15 is 0 Å². The second kappa shape index (κ2) is 1.91. The third-order valence-electron chi connectivity index (χ3n) is 0.974. The first kappa shape index (κ1) is 4.56. The lowest BCUT2D eigenvalue weighted by Gasteiger charge is -2.09. The molecule has 0 radical (unpaired) electrons. The Morgan fingerprint density at radius 2 is 2.57 bits per heavy atom. The van der Waals surface area contributed by atoms with Gasteiger partial charge in [0.15, 0.2) is 0 Å². The van der Waals surface area contributed by atoms with Crippen LogP contribution in [0.25, 0.3) is 0 Å². The van der Waals surface area contributed by atoms with Gasteiger partial charge < -0.3 is 0 Å². The molecule has 0 unspecified atom stereocenters. The molecule has 40 valence electrons. The maximum atomic E-state index is 3.77. The van der Waals surface area contributed by atoms with Gasteiger partial charge in [-0.2, -0.15) is 5.11 Å². The SMILES string of the molecule is C[C@H]1CN=NNC1. The highest BCUT2D eigenvalue weighted by Crippen LogP contribution is 1.96. The summed E-state index contributed by atoms with van der Waals surface area (Å²) >= 11 is 0. The lowest BCUT2D eigenvalue weighted by atomic mass is 10.2. The molecule has 1 aliphatic rings. The molecule has 0 saturated carbocycles. The summed E-state index contributed by atoms with van der Waals surface area (Å²) in [5.41, 5.74) is 2.79. The smallest absolute Gasteiger partial charge is 0.0663 e. The molecule has 0 fully saturated rings. The van der Waals surface area contributed by atoms with Crippen molar-refractivity contribution in [2.45, 2.75) is 6.92 Å². The second-order valence-corrected chi connectivity index (χ2v) is 1.89. The Bertz CT molecular complexity index is 79.0. The largest absolute Gasteiger partial charge is 0.291 e. The van der Waals surface area contributed by atoms with E-state index in [2.05, 4.69) is 22.7 Å². The van der Waals surface area contributed by atoms with Crippen LogP contribution in [0.1, 0.15) is 6.92 Å². The molecule has 0 aromatic heterocycles. The van der Waals surface area contributed by atoms with Crippen LogP contribution >= 0.6 is 0 Å². The van der Waals surface area contributed by atoms with Crippen LogP contribution in [0.3, 0.4) is 0 Å². The first-order valence-electron chi connectivity index (χ1n) is 2.49. The highest BCUT2D eigenvalue weighted by molar-refractivity contribution is 4.58. The summed E-state index contributed by atoms with van der Waals surface area (Å²) in [5, 5.41) is 7.37. The van der Waals surface area contributed by atoms with E-state index < -0.39 is 0 Å². The van der Waals surface area contributed by atoms with Gasteiger partial charge in [0, 0.05) is 6.54 Å². The fourth-order valence-corrected chi connectivity index (χ4v) is 0.491. The molecule has 0 spiro atoms. The zero-order valence-corrected chi connectivity index (χ0v) is 4.39. The first-order valence-corrected chi connectivity index (χ1v) is 2.49. The summed E-state index contributed by atoms with van der Waals surface area (Å²) in [6, 6.07) is 0. The van der Waals surface area contributed by atoms with Crippen LogP contribution in [0, 0.1) is 5.92 Å². The number of nitrogens with one attached hydrogen (secondary N) is 1. The molecule has 1 N–H and O–H groups in total. The standard InChI is InChI=1S/C4H9N3/c1-4-2-5-7-6-3-4/h4H,2-3H2,1H3,(H,5,6). The molecule has 1 atom stereocenters. The summed E-state index contributed by atoms with van der Waals surface area (Å²) in [6.45, 7) is 4.00. The molecule has 1 aliphatic heterocycles. The fourth-order valence-electron chi connectivity index (χ4n) is 0.491. The number of hydrogen-bond donors (Lipinski definition) is 1. The summed E-state index contributed by atoms with van der Waals surface area (Å²) < 4.78 is 0. The lowest BCUT2D eigenvalue weighted by Crippen LogP contribution is -2.21. The van der Waals surface area contributed by atoms with Gasteiger partial charge in [0.05, 0.1) is 6.54 Å². The quantitative estimate of drug-likeness (QED) is 0.474. The van der Waals surface area contributed by atoms with Crippen molar-refractivity contribution in [1.29, 1.82) is 0 Å². The Morgan fingerprint density at radius 1 is 1.71 bits per heavy atom. The van der Waals surface area contributed by atoms with Crippen LogP contribution in [0.5, 0.6) is 0 Å². The second-order valence-electron chi connectivity index (χ2n) is 1.89. The molecule has 0 aromatic rings. The minimum Gasteiger partial charge on any atom is -0.291 e. The maximum Gasteiger partial charge on any atom is 0.0663 e. The zero-order valence-electron chi connectivity index (χ0n) is 4.39. The average molecular weight is 99.1 g/mol. The van der Waals surface area contributed by atoms with Crippen molar-refractivity contribution in [3.8, 4) is 0 Å². The summed E-state index contributed by atoms with van der Waals surface area (Å²) in [4.78, 5) is 0. The molecule has 0 amide bonds. The van der Waals surface area contributed by atoms with Gasteiger partial charge in [-0.15, -0.1) is 0 Å². The van der Waals surface area contributed by atoms with Crippen LogP contribution in [0.2, 0.25) is 0 Å².